The molecule has 0 saturated heterocycles. The van der Waals surface area contributed by atoms with E-state index >= 15 is 0 Å². The summed E-state index contributed by atoms with van der Waals surface area (Å²) in [5, 5.41) is 13.8. The molecule has 37 heavy (non-hydrogen) atoms. The van der Waals surface area contributed by atoms with Crippen molar-refractivity contribution in [2.45, 2.75) is 57.5 Å². The molecule has 1 amide bonds. The Morgan fingerprint density at radius 2 is 1.89 bits per heavy atom. The number of hydrogen-bond donors (Lipinski definition) is 2. The van der Waals surface area contributed by atoms with Crippen molar-refractivity contribution in [1.29, 1.82) is 0 Å². The third-order valence-corrected chi connectivity index (χ3v) is 7.52. The predicted molar refractivity (Wildman–Crippen MR) is 136 cm³/mol. The molecule has 1 aromatic heterocycles. The highest BCUT2D eigenvalue weighted by Gasteiger charge is 2.35. The smallest absolute Gasteiger partial charge is 0.337 e. The Labute approximate surface area is 219 Å². The van der Waals surface area contributed by atoms with E-state index in [2.05, 4.69) is 5.32 Å². The number of ether oxygens (including phenoxy) is 1. The van der Waals surface area contributed by atoms with Gasteiger partial charge in [0.2, 0.25) is 17.8 Å². The third kappa shape index (κ3) is 5.85. The number of amides is 1. The van der Waals surface area contributed by atoms with E-state index in [9.17, 15) is 23.6 Å². The number of methoxy groups -OCH3 is 1. The van der Waals surface area contributed by atoms with Gasteiger partial charge in [-0.3, -0.25) is 10.0 Å². The molecule has 1 saturated carbocycles. The third-order valence-electron chi connectivity index (χ3n) is 7.16. The van der Waals surface area contributed by atoms with Crippen molar-refractivity contribution in [3.8, 4) is 0 Å². The van der Waals surface area contributed by atoms with Gasteiger partial charge in [0.05, 0.1) is 23.3 Å². The van der Waals surface area contributed by atoms with Crippen LogP contribution >= 0.6 is 11.6 Å². The number of hydrogen-bond acceptors (Lipinski definition) is 4. The van der Waals surface area contributed by atoms with Gasteiger partial charge in [-0.05, 0) is 68.0 Å². The lowest BCUT2D eigenvalue weighted by molar-refractivity contribution is -0.910. The number of allylic oxidation sites excluding steroid dienone is 4. The fourth-order valence-corrected chi connectivity index (χ4v) is 5.04. The molecule has 2 aliphatic rings. The molecule has 1 heterocycles. The lowest BCUT2D eigenvalue weighted by Gasteiger charge is -2.28. The average molecular weight is 532 g/mol. The molecule has 0 aliphatic heterocycles. The molecule has 196 valence electrons. The first-order valence-electron chi connectivity index (χ1n) is 12.4. The second-order valence-corrected chi connectivity index (χ2v) is 10.0. The summed E-state index contributed by atoms with van der Waals surface area (Å²) in [4.78, 5) is 25.0. The van der Waals surface area contributed by atoms with E-state index in [0.29, 0.717) is 29.3 Å². The minimum Gasteiger partial charge on any atom is -0.465 e. The largest absolute Gasteiger partial charge is 0.465 e. The number of aromatic nitrogens is 1. The van der Waals surface area contributed by atoms with Crippen molar-refractivity contribution in [2.24, 2.45) is 5.92 Å². The Morgan fingerprint density at radius 1 is 1.19 bits per heavy atom. The van der Waals surface area contributed by atoms with Crippen LogP contribution in [0.2, 0.25) is 0 Å². The van der Waals surface area contributed by atoms with Gasteiger partial charge in [0.25, 0.3) is 0 Å². The van der Waals surface area contributed by atoms with Crippen molar-refractivity contribution in [3.05, 3.63) is 75.8 Å². The molecule has 2 atom stereocenters. The van der Waals surface area contributed by atoms with E-state index in [-0.39, 0.29) is 40.5 Å². The molecule has 2 aliphatic carbocycles. The normalized spacial score (nSPS) is 17.8. The molecule has 0 radical (unpaired) electrons. The van der Waals surface area contributed by atoms with Crippen molar-refractivity contribution in [1.82, 2.24) is 0 Å². The van der Waals surface area contributed by atoms with Gasteiger partial charge in [-0.1, -0.05) is 30.9 Å². The van der Waals surface area contributed by atoms with Crippen LogP contribution in [-0.2, 0) is 9.53 Å². The van der Waals surface area contributed by atoms with Crippen LogP contribution in [0, 0.1) is 5.92 Å². The van der Waals surface area contributed by atoms with Crippen LogP contribution in [0.4, 0.5) is 14.5 Å². The summed E-state index contributed by atoms with van der Waals surface area (Å²) in [7, 11) is 1.29. The van der Waals surface area contributed by atoms with E-state index < -0.39 is 23.9 Å². The van der Waals surface area contributed by atoms with E-state index in [1.807, 2.05) is 0 Å². The molecule has 2 N–H and O–H groups in total. The first-order valence-corrected chi connectivity index (χ1v) is 12.7. The molecule has 1 aromatic carbocycles. The molecule has 1 fully saturated rings. The molecule has 6 nitrogen and oxygen atoms in total. The Hall–Kier alpha value is -3.26. The number of pyridine rings is 1. The van der Waals surface area contributed by atoms with Crippen molar-refractivity contribution in [2.75, 3.05) is 12.4 Å². The van der Waals surface area contributed by atoms with Crippen molar-refractivity contribution >= 4 is 34.7 Å². The first kappa shape index (κ1) is 26.8. The van der Waals surface area contributed by atoms with E-state index in [1.165, 1.54) is 20.2 Å². The number of benzene rings is 1. The van der Waals surface area contributed by atoms with Gasteiger partial charge in [-0.25, -0.2) is 13.6 Å². The maximum atomic E-state index is 15.0. The van der Waals surface area contributed by atoms with E-state index in [4.69, 9.17) is 16.3 Å². The van der Waals surface area contributed by atoms with E-state index in [1.54, 1.807) is 36.4 Å². The number of carbonyl (C=O) groups excluding carboxylic acids is 2. The molecule has 0 bridgehead atoms. The van der Waals surface area contributed by atoms with Crippen LogP contribution in [0.1, 0.15) is 73.0 Å². The summed E-state index contributed by atoms with van der Waals surface area (Å²) in [6.07, 6.45) is 4.06. The molecule has 0 spiro atoms. The Bertz CT molecular complexity index is 1250. The van der Waals surface area contributed by atoms with Gasteiger partial charge >= 0.3 is 5.97 Å². The monoisotopic (exact) mass is 531 g/mol. The number of nitrogens with zero attached hydrogens (tertiary/aromatic N) is 1. The van der Waals surface area contributed by atoms with Crippen molar-refractivity contribution in [3.63, 3.8) is 0 Å². The quantitative estimate of drug-likeness (QED) is 0.240. The molecule has 4 rings (SSSR count). The summed E-state index contributed by atoms with van der Waals surface area (Å²) in [5.74, 6) is -1.84. The van der Waals surface area contributed by atoms with Gasteiger partial charge in [0.15, 0.2) is 0 Å². The summed E-state index contributed by atoms with van der Waals surface area (Å²) < 4.78 is 34.8. The SMILES string of the molecule is COC(=O)c1ccc(NC(=O)C(CC2CCC2)c2ccc(C3=C(C(C)F)CCC(Cl)=C3F)c[n+]2O)cc1. The van der Waals surface area contributed by atoms with Crippen LogP contribution in [0.3, 0.4) is 0 Å². The number of alkyl halides is 1. The summed E-state index contributed by atoms with van der Waals surface area (Å²) >= 11 is 6.04. The Morgan fingerprint density at radius 3 is 2.46 bits per heavy atom. The van der Waals surface area contributed by atoms with Gasteiger partial charge < -0.3 is 10.1 Å². The second-order valence-electron chi connectivity index (χ2n) is 9.57. The summed E-state index contributed by atoms with van der Waals surface area (Å²) in [6, 6.07) is 9.47. The molecular weight excluding hydrogens is 502 g/mol. The van der Waals surface area contributed by atoms with Gasteiger partial charge in [0.1, 0.15) is 17.9 Å². The van der Waals surface area contributed by atoms with Crippen LogP contribution in [0.5, 0.6) is 0 Å². The number of carbonyl (C=O) groups is 2. The Balaban J connectivity index is 1.63. The van der Waals surface area contributed by atoms with Crippen LogP contribution in [0.15, 0.2) is 59.0 Å². The topological polar surface area (TPSA) is 79.5 Å². The zero-order chi connectivity index (χ0) is 26.7. The highest BCUT2D eigenvalue weighted by molar-refractivity contribution is 6.31. The lowest BCUT2D eigenvalue weighted by atomic mass is 9.77. The van der Waals surface area contributed by atoms with Crippen LogP contribution < -0.4 is 10.0 Å². The fraction of sp³-hybridized carbons (Fsp3) is 0.393. The number of anilines is 1. The second kappa shape index (κ2) is 11.4. The number of esters is 1. The molecule has 2 aromatic rings. The fourth-order valence-electron chi connectivity index (χ4n) is 4.85. The molecular formula is C28H30ClF2N2O4+. The zero-order valence-corrected chi connectivity index (χ0v) is 21.5. The van der Waals surface area contributed by atoms with E-state index in [0.717, 1.165) is 24.0 Å². The Kier molecular flexibility index (Phi) is 8.27. The maximum absolute atomic E-state index is 15.0. The van der Waals surface area contributed by atoms with Crippen LogP contribution in [-0.4, -0.2) is 30.4 Å². The van der Waals surface area contributed by atoms with Gasteiger partial charge in [0, 0.05) is 22.1 Å². The number of halogens is 3. The minimum atomic E-state index is -1.37. The number of nitrogens with one attached hydrogen (secondary N) is 1. The van der Waals surface area contributed by atoms with Gasteiger partial charge in [-0.15, -0.1) is 0 Å². The zero-order valence-electron chi connectivity index (χ0n) is 20.8. The molecule has 2 unspecified atom stereocenters. The highest BCUT2D eigenvalue weighted by atomic mass is 35.5. The highest BCUT2D eigenvalue weighted by Crippen LogP contribution is 2.41. The standard InChI is InChI=1S/C28H29ClF2N2O4/c1-16(30)21-11-12-23(29)26(31)25(21)19-8-13-24(33(36)15-19)22(14-17-4-3-5-17)27(34)32-20-9-6-18(7-10-20)28(35)37-2/h6-10,13,15-17,22H,3-5,11-12,14H2,1-2H3,(H-,32,34,35,36)/p+1. The number of rotatable bonds is 8. The summed E-state index contributed by atoms with van der Waals surface area (Å²) in [5.41, 5.74) is 1.80. The van der Waals surface area contributed by atoms with Crippen LogP contribution in [0.25, 0.3) is 5.57 Å². The average Bonchev–Trinajstić information content (AvgIpc) is 2.85. The van der Waals surface area contributed by atoms with Crippen molar-refractivity contribution < 1.29 is 33.0 Å². The summed E-state index contributed by atoms with van der Waals surface area (Å²) in [6.45, 7) is 1.35. The predicted octanol–water partition coefficient (Wildman–Crippen LogP) is 6.24. The van der Waals surface area contributed by atoms with Gasteiger partial charge in [-0.2, -0.15) is 0 Å². The molecule has 9 heteroatoms. The first-order chi connectivity index (χ1) is 17.7. The maximum Gasteiger partial charge on any atom is 0.337 e. The minimum absolute atomic E-state index is 0.0217. The lowest BCUT2D eigenvalue weighted by Crippen LogP contribution is -2.41.